The predicted octanol–water partition coefficient (Wildman–Crippen LogP) is 2.12. The Bertz CT molecular complexity index is 571. The summed E-state index contributed by atoms with van der Waals surface area (Å²) in [5.74, 6) is -0.866. The minimum Gasteiger partial charge on any atom is -0.452 e. The van der Waals surface area contributed by atoms with E-state index in [4.69, 9.17) is 4.74 Å². The third kappa shape index (κ3) is 6.02. The van der Waals surface area contributed by atoms with Crippen molar-refractivity contribution < 1.29 is 19.1 Å². The highest BCUT2D eigenvalue weighted by molar-refractivity contribution is 5.91. The first kappa shape index (κ1) is 19.7. The lowest BCUT2D eigenvalue weighted by Gasteiger charge is -2.30. The third-order valence-electron chi connectivity index (χ3n) is 3.46. The van der Waals surface area contributed by atoms with Crippen molar-refractivity contribution in [2.45, 2.75) is 53.2 Å². The summed E-state index contributed by atoms with van der Waals surface area (Å²) in [5, 5.41) is 2.68. The first-order valence-corrected chi connectivity index (χ1v) is 8.04. The van der Waals surface area contributed by atoms with E-state index in [2.05, 4.69) is 5.32 Å². The van der Waals surface area contributed by atoms with E-state index < -0.39 is 5.97 Å². The van der Waals surface area contributed by atoms with Crippen molar-refractivity contribution in [1.29, 1.82) is 0 Å². The van der Waals surface area contributed by atoms with E-state index in [9.17, 15) is 14.4 Å². The number of esters is 1. The summed E-state index contributed by atoms with van der Waals surface area (Å²) in [6.45, 7) is 9.27. The average Bonchev–Trinajstić information content (AvgIpc) is 2.50. The largest absolute Gasteiger partial charge is 0.452 e. The van der Waals surface area contributed by atoms with Crippen LogP contribution in [-0.4, -0.2) is 41.4 Å². The maximum absolute atomic E-state index is 12.2. The van der Waals surface area contributed by atoms with E-state index in [1.807, 2.05) is 27.7 Å². The number of nitrogens with one attached hydrogen (secondary N) is 1. The van der Waals surface area contributed by atoms with Crippen LogP contribution in [0.25, 0.3) is 0 Å². The van der Waals surface area contributed by atoms with Crippen molar-refractivity contribution in [2.75, 3.05) is 6.61 Å². The van der Waals surface area contributed by atoms with Crippen molar-refractivity contribution in [1.82, 2.24) is 10.2 Å². The maximum Gasteiger partial charge on any atom is 0.338 e. The Labute approximate surface area is 143 Å². The number of ether oxygens (including phenoxy) is 1. The van der Waals surface area contributed by atoms with E-state index in [0.29, 0.717) is 12.1 Å². The van der Waals surface area contributed by atoms with Gasteiger partial charge in [0.2, 0.25) is 5.91 Å². The molecule has 0 aromatic heterocycles. The molecule has 0 heterocycles. The lowest BCUT2D eigenvalue weighted by Crippen LogP contribution is -2.44. The molecule has 0 saturated heterocycles. The van der Waals surface area contributed by atoms with Gasteiger partial charge in [-0.15, -0.1) is 0 Å². The predicted molar refractivity (Wildman–Crippen MR) is 91.4 cm³/mol. The molecule has 1 rings (SSSR count). The molecule has 2 amide bonds. The van der Waals surface area contributed by atoms with Gasteiger partial charge >= 0.3 is 5.97 Å². The third-order valence-corrected chi connectivity index (χ3v) is 3.46. The topological polar surface area (TPSA) is 75.7 Å². The molecule has 6 nitrogen and oxygen atoms in total. The molecule has 1 aromatic carbocycles. The van der Waals surface area contributed by atoms with Crippen LogP contribution in [0.2, 0.25) is 0 Å². The van der Waals surface area contributed by atoms with Gasteiger partial charge in [-0.05, 0) is 45.4 Å². The molecule has 0 unspecified atom stereocenters. The number of carbonyl (C=O) groups is 3. The zero-order valence-electron chi connectivity index (χ0n) is 15.0. The van der Waals surface area contributed by atoms with Crippen LogP contribution < -0.4 is 5.32 Å². The van der Waals surface area contributed by atoms with Crippen LogP contribution in [0.3, 0.4) is 0 Å². The fraction of sp³-hybridized carbons (Fsp3) is 0.500. The van der Waals surface area contributed by atoms with E-state index >= 15 is 0 Å². The second-order valence-electron chi connectivity index (χ2n) is 6.17. The smallest absolute Gasteiger partial charge is 0.338 e. The summed E-state index contributed by atoms with van der Waals surface area (Å²) in [7, 11) is 0. The molecule has 0 aliphatic rings. The Morgan fingerprint density at radius 2 is 1.58 bits per heavy atom. The number of rotatable bonds is 7. The molecule has 0 radical (unpaired) electrons. The quantitative estimate of drug-likeness (QED) is 0.775. The molecular formula is C18H26N2O4. The minimum atomic E-state index is -0.540. The fourth-order valence-electron chi connectivity index (χ4n) is 2.44. The number of hydrogen-bond acceptors (Lipinski definition) is 4. The van der Waals surface area contributed by atoms with Crippen molar-refractivity contribution in [2.24, 2.45) is 0 Å². The summed E-state index contributed by atoms with van der Waals surface area (Å²) in [5.41, 5.74) is 1.25. The number of benzene rings is 1. The molecule has 1 aromatic rings. The lowest BCUT2D eigenvalue weighted by molar-refractivity contribution is -0.138. The summed E-state index contributed by atoms with van der Waals surface area (Å²) in [4.78, 5) is 36.8. The SMILES string of the molecule is CC(=O)NCc1ccc(C(=O)OCC(=O)N(C(C)C)C(C)C)cc1. The fourth-order valence-corrected chi connectivity index (χ4v) is 2.44. The van der Waals surface area contributed by atoms with Crippen LogP contribution in [0.4, 0.5) is 0 Å². The van der Waals surface area contributed by atoms with Crippen LogP contribution in [-0.2, 0) is 20.9 Å². The Balaban J connectivity index is 2.59. The molecule has 0 atom stereocenters. The molecule has 6 heteroatoms. The van der Waals surface area contributed by atoms with Gasteiger partial charge < -0.3 is 15.0 Å². The normalized spacial score (nSPS) is 10.6. The van der Waals surface area contributed by atoms with Crippen LogP contribution in [0.15, 0.2) is 24.3 Å². The highest BCUT2D eigenvalue weighted by Crippen LogP contribution is 2.08. The van der Waals surface area contributed by atoms with Crippen molar-refractivity contribution in [3.8, 4) is 0 Å². The van der Waals surface area contributed by atoms with Crippen molar-refractivity contribution >= 4 is 17.8 Å². The number of amides is 2. The Morgan fingerprint density at radius 1 is 1.04 bits per heavy atom. The standard InChI is InChI=1S/C18H26N2O4/c1-12(2)20(13(3)4)17(22)11-24-18(23)16-8-6-15(7-9-16)10-19-14(5)21/h6-9,12-13H,10-11H2,1-5H3,(H,19,21). The molecule has 1 N–H and O–H groups in total. The Kier molecular flexibility index (Phi) is 7.42. The molecule has 132 valence electrons. The highest BCUT2D eigenvalue weighted by Gasteiger charge is 2.21. The second kappa shape index (κ2) is 9.05. The summed E-state index contributed by atoms with van der Waals surface area (Å²) in [6.07, 6.45) is 0. The van der Waals surface area contributed by atoms with Crippen molar-refractivity contribution in [3.63, 3.8) is 0 Å². The summed E-state index contributed by atoms with van der Waals surface area (Å²) < 4.78 is 5.11. The van der Waals surface area contributed by atoms with Crippen LogP contribution in [0, 0.1) is 0 Å². The molecule has 0 saturated carbocycles. The average molecular weight is 334 g/mol. The Hall–Kier alpha value is -2.37. The molecule has 0 spiro atoms. The number of nitrogens with zero attached hydrogens (tertiary/aromatic N) is 1. The zero-order chi connectivity index (χ0) is 18.3. The minimum absolute atomic E-state index is 0.0456. The number of hydrogen-bond donors (Lipinski definition) is 1. The van der Waals surface area contributed by atoms with Gasteiger partial charge in [-0.2, -0.15) is 0 Å². The van der Waals surface area contributed by atoms with Gasteiger partial charge in [0.25, 0.3) is 5.91 Å². The first-order chi connectivity index (χ1) is 11.2. The van der Waals surface area contributed by atoms with Gasteiger partial charge in [0.1, 0.15) is 0 Å². The molecule has 0 aliphatic carbocycles. The van der Waals surface area contributed by atoms with E-state index in [0.717, 1.165) is 5.56 Å². The van der Waals surface area contributed by atoms with E-state index in [-0.39, 0.29) is 30.5 Å². The molecule has 0 aliphatic heterocycles. The van der Waals surface area contributed by atoms with Gasteiger partial charge in [-0.25, -0.2) is 4.79 Å². The van der Waals surface area contributed by atoms with Gasteiger partial charge in [-0.3, -0.25) is 9.59 Å². The van der Waals surface area contributed by atoms with E-state index in [1.54, 1.807) is 29.2 Å². The van der Waals surface area contributed by atoms with Crippen LogP contribution in [0.1, 0.15) is 50.5 Å². The molecular weight excluding hydrogens is 308 g/mol. The maximum atomic E-state index is 12.2. The summed E-state index contributed by atoms with van der Waals surface area (Å²) in [6, 6.07) is 6.80. The monoisotopic (exact) mass is 334 g/mol. The van der Waals surface area contributed by atoms with Gasteiger partial charge in [0.05, 0.1) is 5.56 Å². The summed E-state index contributed by atoms with van der Waals surface area (Å²) >= 11 is 0. The lowest BCUT2D eigenvalue weighted by atomic mass is 10.1. The Morgan fingerprint density at radius 3 is 2.04 bits per heavy atom. The van der Waals surface area contributed by atoms with Gasteiger partial charge in [0, 0.05) is 25.6 Å². The van der Waals surface area contributed by atoms with Gasteiger partial charge in [0.15, 0.2) is 6.61 Å². The second-order valence-corrected chi connectivity index (χ2v) is 6.17. The van der Waals surface area contributed by atoms with Gasteiger partial charge in [-0.1, -0.05) is 12.1 Å². The van der Waals surface area contributed by atoms with E-state index in [1.165, 1.54) is 6.92 Å². The van der Waals surface area contributed by atoms with Crippen LogP contribution in [0.5, 0.6) is 0 Å². The number of carbonyl (C=O) groups excluding carboxylic acids is 3. The van der Waals surface area contributed by atoms with Crippen LogP contribution >= 0.6 is 0 Å². The zero-order valence-corrected chi connectivity index (χ0v) is 15.0. The van der Waals surface area contributed by atoms with Crippen molar-refractivity contribution in [3.05, 3.63) is 35.4 Å². The molecule has 0 fully saturated rings. The molecule has 24 heavy (non-hydrogen) atoms. The first-order valence-electron chi connectivity index (χ1n) is 8.04. The molecule has 0 bridgehead atoms. The highest BCUT2D eigenvalue weighted by atomic mass is 16.5.